The molecule has 0 saturated carbocycles. The average molecular weight is 378 g/mol. The Kier molecular flexibility index (Phi) is 4.40. The fourth-order valence-electron chi connectivity index (χ4n) is 2.79. The molecule has 1 aromatic carbocycles. The summed E-state index contributed by atoms with van der Waals surface area (Å²) in [6.07, 6.45) is 4.74. The molecule has 0 N–H and O–H groups in total. The van der Waals surface area contributed by atoms with Crippen LogP contribution in [0.2, 0.25) is 0 Å². The molecule has 0 amide bonds. The van der Waals surface area contributed by atoms with Crippen LogP contribution >= 0.6 is 0 Å². The predicted molar refractivity (Wildman–Crippen MR) is 97.7 cm³/mol. The summed E-state index contributed by atoms with van der Waals surface area (Å²) in [5, 5.41) is 8.12. The maximum Gasteiger partial charge on any atom is 0.339 e. The molecule has 8 nitrogen and oxygen atoms in total. The van der Waals surface area contributed by atoms with Crippen molar-refractivity contribution in [3.63, 3.8) is 0 Å². The first-order chi connectivity index (χ1) is 13.6. The molecule has 0 aliphatic carbocycles. The molecule has 0 saturated heterocycles. The number of hydrogen-bond donors (Lipinski definition) is 0. The standard InChI is InChI=1S/C19H15FN6O2/c1-12-18(26(24-23-12)16-6-4-3-5-14(16)20)15-10-25(11-22-15)17-8-7-13(9-21-17)19(27)28-2/h3-11H,1-2H3. The minimum atomic E-state index is -0.458. The largest absolute Gasteiger partial charge is 0.465 e. The number of rotatable bonds is 4. The SMILES string of the molecule is COC(=O)c1ccc(-n2cnc(-c3c(C)nnn3-c3ccccc3F)c2)nc1. The second-order valence-electron chi connectivity index (χ2n) is 5.95. The van der Waals surface area contributed by atoms with Gasteiger partial charge in [-0.3, -0.25) is 4.57 Å². The molecule has 0 aliphatic rings. The highest BCUT2D eigenvalue weighted by Crippen LogP contribution is 2.25. The molecule has 0 aliphatic heterocycles. The molecule has 0 atom stereocenters. The Morgan fingerprint density at radius 3 is 2.68 bits per heavy atom. The summed E-state index contributed by atoms with van der Waals surface area (Å²) in [4.78, 5) is 20.2. The second kappa shape index (κ2) is 7.03. The summed E-state index contributed by atoms with van der Waals surface area (Å²) in [6, 6.07) is 9.62. The van der Waals surface area contributed by atoms with E-state index >= 15 is 0 Å². The van der Waals surface area contributed by atoms with Gasteiger partial charge < -0.3 is 4.74 Å². The number of carbonyl (C=O) groups excluding carboxylic acids is 1. The number of nitrogens with zero attached hydrogens (tertiary/aromatic N) is 6. The molecule has 3 heterocycles. The van der Waals surface area contributed by atoms with E-state index < -0.39 is 11.8 Å². The van der Waals surface area contributed by atoms with Crippen LogP contribution < -0.4 is 0 Å². The highest BCUT2D eigenvalue weighted by Gasteiger charge is 2.18. The maximum absolute atomic E-state index is 14.2. The van der Waals surface area contributed by atoms with Crippen molar-refractivity contribution in [2.75, 3.05) is 7.11 Å². The van der Waals surface area contributed by atoms with Crippen molar-refractivity contribution in [1.29, 1.82) is 0 Å². The van der Waals surface area contributed by atoms with E-state index in [0.717, 1.165) is 0 Å². The number of para-hydroxylation sites is 1. The van der Waals surface area contributed by atoms with Gasteiger partial charge in [-0.15, -0.1) is 5.10 Å². The zero-order valence-electron chi connectivity index (χ0n) is 15.1. The molecule has 4 aromatic rings. The molecule has 9 heteroatoms. The number of ether oxygens (including phenoxy) is 1. The van der Waals surface area contributed by atoms with Gasteiger partial charge in [-0.1, -0.05) is 17.3 Å². The van der Waals surface area contributed by atoms with Gasteiger partial charge >= 0.3 is 5.97 Å². The molecule has 0 spiro atoms. The number of benzene rings is 1. The molecule has 140 valence electrons. The van der Waals surface area contributed by atoms with Gasteiger partial charge in [-0.2, -0.15) is 0 Å². The molecule has 28 heavy (non-hydrogen) atoms. The number of carbonyl (C=O) groups is 1. The number of esters is 1. The third-order valence-electron chi connectivity index (χ3n) is 4.18. The lowest BCUT2D eigenvalue weighted by molar-refractivity contribution is 0.0600. The molecule has 0 radical (unpaired) electrons. The number of imidazole rings is 1. The maximum atomic E-state index is 14.2. The summed E-state index contributed by atoms with van der Waals surface area (Å²) >= 11 is 0. The lowest BCUT2D eigenvalue weighted by Gasteiger charge is -2.06. The first-order valence-corrected chi connectivity index (χ1v) is 8.35. The van der Waals surface area contributed by atoms with E-state index in [1.165, 1.54) is 24.1 Å². The quantitative estimate of drug-likeness (QED) is 0.508. The van der Waals surface area contributed by atoms with Gasteiger partial charge in [0.25, 0.3) is 0 Å². The van der Waals surface area contributed by atoms with Gasteiger partial charge in [-0.05, 0) is 31.2 Å². The first kappa shape index (κ1) is 17.5. The Morgan fingerprint density at radius 2 is 1.96 bits per heavy atom. The van der Waals surface area contributed by atoms with Crippen molar-refractivity contribution in [3.05, 3.63) is 72.2 Å². The number of aromatic nitrogens is 6. The van der Waals surface area contributed by atoms with Gasteiger partial charge in [0.1, 0.15) is 35.0 Å². The smallest absolute Gasteiger partial charge is 0.339 e. The van der Waals surface area contributed by atoms with Crippen LogP contribution in [0.25, 0.3) is 22.9 Å². The van der Waals surface area contributed by atoms with Gasteiger partial charge in [0.2, 0.25) is 0 Å². The van der Waals surface area contributed by atoms with Crippen LogP contribution in [0.1, 0.15) is 16.1 Å². The minimum Gasteiger partial charge on any atom is -0.465 e. The Labute approximate surface area is 159 Å². The monoisotopic (exact) mass is 378 g/mol. The summed E-state index contributed by atoms with van der Waals surface area (Å²) in [5.74, 6) is -0.303. The van der Waals surface area contributed by atoms with Gasteiger partial charge in [0, 0.05) is 12.4 Å². The molecule has 0 fully saturated rings. The zero-order valence-corrected chi connectivity index (χ0v) is 15.1. The van der Waals surface area contributed by atoms with E-state index in [2.05, 4.69) is 25.0 Å². The van der Waals surface area contributed by atoms with Crippen LogP contribution in [-0.2, 0) is 4.74 Å². The Hall–Kier alpha value is -3.88. The Morgan fingerprint density at radius 1 is 1.14 bits per heavy atom. The van der Waals surface area contributed by atoms with Crippen LogP contribution in [0.15, 0.2) is 55.1 Å². The Bertz CT molecular complexity index is 1150. The number of hydrogen-bond acceptors (Lipinski definition) is 6. The van der Waals surface area contributed by atoms with Crippen molar-refractivity contribution in [2.45, 2.75) is 6.92 Å². The number of pyridine rings is 1. The van der Waals surface area contributed by atoms with E-state index in [9.17, 15) is 9.18 Å². The molecular weight excluding hydrogens is 363 g/mol. The normalized spacial score (nSPS) is 10.8. The third kappa shape index (κ3) is 3.02. The first-order valence-electron chi connectivity index (χ1n) is 8.35. The van der Waals surface area contributed by atoms with Crippen LogP contribution in [0, 0.1) is 12.7 Å². The summed E-state index contributed by atoms with van der Waals surface area (Å²) in [5.41, 5.74) is 2.39. The third-order valence-corrected chi connectivity index (χ3v) is 4.18. The van der Waals surface area contributed by atoms with Gasteiger partial charge in [0.15, 0.2) is 0 Å². The second-order valence-corrected chi connectivity index (χ2v) is 5.95. The number of methoxy groups -OCH3 is 1. The van der Waals surface area contributed by atoms with E-state index in [4.69, 9.17) is 0 Å². The number of aryl methyl sites for hydroxylation is 1. The minimum absolute atomic E-state index is 0.285. The van der Waals surface area contributed by atoms with Gasteiger partial charge in [-0.25, -0.2) is 23.8 Å². The fourth-order valence-corrected chi connectivity index (χ4v) is 2.79. The highest BCUT2D eigenvalue weighted by molar-refractivity contribution is 5.88. The predicted octanol–water partition coefficient (Wildman–Crippen LogP) is 2.75. The van der Waals surface area contributed by atoms with Crippen LogP contribution in [0.3, 0.4) is 0 Å². The molecule has 0 bridgehead atoms. The molecule has 0 unspecified atom stereocenters. The van der Waals surface area contributed by atoms with Crippen LogP contribution in [0.5, 0.6) is 0 Å². The summed E-state index contributed by atoms with van der Waals surface area (Å²) in [6.45, 7) is 1.78. The fraction of sp³-hybridized carbons (Fsp3) is 0.105. The van der Waals surface area contributed by atoms with Crippen molar-refractivity contribution in [3.8, 4) is 22.9 Å². The van der Waals surface area contributed by atoms with Crippen molar-refractivity contribution in [1.82, 2.24) is 29.5 Å². The Balaban J connectivity index is 1.72. The van der Waals surface area contributed by atoms with E-state index in [1.807, 2.05) is 0 Å². The topological polar surface area (TPSA) is 87.7 Å². The molecule has 4 rings (SSSR count). The molecular formula is C19H15FN6O2. The van der Waals surface area contributed by atoms with Crippen LogP contribution in [-0.4, -0.2) is 42.6 Å². The van der Waals surface area contributed by atoms with E-state index in [-0.39, 0.29) is 5.69 Å². The average Bonchev–Trinajstić information content (AvgIpc) is 3.34. The van der Waals surface area contributed by atoms with E-state index in [0.29, 0.717) is 28.5 Å². The van der Waals surface area contributed by atoms with Crippen molar-refractivity contribution < 1.29 is 13.9 Å². The van der Waals surface area contributed by atoms with Crippen molar-refractivity contribution >= 4 is 5.97 Å². The highest BCUT2D eigenvalue weighted by atomic mass is 19.1. The van der Waals surface area contributed by atoms with Crippen LogP contribution in [0.4, 0.5) is 4.39 Å². The number of halogens is 1. The van der Waals surface area contributed by atoms with Gasteiger partial charge in [0.05, 0.1) is 18.4 Å². The summed E-state index contributed by atoms with van der Waals surface area (Å²) < 4.78 is 22.0. The van der Waals surface area contributed by atoms with E-state index in [1.54, 1.807) is 54.3 Å². The molecule has 3 aromatic heterocycles. The lowest BCUT2D eigenvalue weighted by atomic mass is 10.2. The summed E-state index contributed by atoms with van der Waals surface area (Å²) in [7, 11) is 1.31. The lowest BCUT2D eigenvalue weighted by Crippen LogP contribution is -2.03. The zero-order chi connectivity index (χ0) is 19.7. The van der Waals surface area contributed by atoms with Crippen molar-refractivity contribution in [2.24, 2.45) is 0 Å².